The van der Waals surface area contributed by atoms with Crippen molar-refractivity contribution in [3.63, 3.8) is 0 Å². The van der Waals surface area contributed by atoms with Crippen molar-refractivity contribution in [1.29, 1.82) is 0 Å². The Morgan fingerprint density at radius 3 is 2.63 bits per heavy atom. The van der Waals surface area contributed by atoms with Crippen molar-refractivity contribution in [2.45, 2.75) is 44.8 Å². The van der Waals surface area contributed by atoms with Gasteiger partial charge in [0.15, 0.2) is 0 Å². The number of nitrogens with zero attached hydrogens (tertiary/aromatic N) is 1. The van der Waals surface area contributed by atoms with E-state index in [1.807, 2.05) is 31.2 Å². The van der Waals surface area contributed by atoms with Crippen LogP contribution in [0.25, 0.3) is 10.9 Å². The predicted molar refractivity (Wildman–Crippen MR) is 105 cm³/mol. The van der Waals surface area contributed by atoms with E-state index in [0.717, 1.165) is 48.0 Å². The number of alkyl halides is 1. The van der Waals surface area contributed by atoms with E-state index in [0.29, 0.717) is 11.0 Å². The lowest BCUT2D eigenvalue weighted by Gasteiger charge is -2.29. The molecule has 0 aliphatic heterocycles. The average Bonchev–Trinajstić information content (AvgIpc) is 2.63. The first-order valence-corrected chi connectivity index (χ1v) is 9.77. The summed E-state index contributed by atoms with van der Waals surface area (Å²) in [5.41, 5.74) is 8.65. The number of rotatable bonds is 4. The van der Waals surface area contributed by atoms with Crippen LogP contribution in [0.3, 0.4) is 0 Å². The van der Waals surface area contributed by atoms with Crippen molar-refractivity contribution >= 4 is 44.6 Å². The summed E-state index contributed by atoms with van der Waals surface area (Å²) >= 11 is 3.18. The Hall–Kier alpha value is -2.44. The molecule has 0 bridgehead atoms. The average molecular weight is 436 g/mol. The third-order valence-corrected chi connectivity index (χ3v) is 4.92. The molecule has 2 aromatic rings. The Morgan fingerprint density at radius 2 is 2.00 bits per heavy atom. The van der Waals surface area contributed by atoms with Gasteiger partial charge in [-0.1, -0.05) is 22.0 Å². The van der Waals surface area contributed by atoms with Gasteiger partial charge >= 0.3 is 6.15 Å². The Labute approximate surface area is 165 Å². The van der Waals surface area contributed by atoms with Crippen molar-refractivity contribution < 1.29 is 19.1 Å². The highest BCUT2D eigenvalue weighted by Gasteiger charge is 2.24. The number of nitrogen functional groups attached to an aromatic ring is 1. The second-order valence-corrected chi connectivity index (χ2v) is 6.94. The van der Waals surface area contributed by atoms with Crippen molar-refractivity contribution in [3.05, 3.63) is 30.0 Å². The number of benzene rings is 1. The highest BCUT2D eigenvalue weighted by atomic mass is 79.9. The summed E-state index contributed by atoms with van der Waals surface area (Å²) in [4.78, 5) is 32.2. The fourth-order valence-corrected chi connectivity index (χ4v) is 3.45. The maximum atomic E-state index is 11.5. The molecular formula is C19H22BrN3O4. The molecule has 7 nitrogen and oxygen atoms in total. The molecule has 3 N–H and O–H groups in total. The monoisotopic (exact) mass is 435 g/mol. The maximum absolute atomic E-state index is 11.5. The zero-order valence-corrected chi connectivity index (χ0v) is 16.6. The molecule has 1 amide bonds. The molecule has 3 rings (SSSR count). The van der Waals surface area contributed by atoms with E-state index >= 15 is 0 Å². The van der Waals surface area contributed by atoms with Crippen molar-refractivity contribution in [3.8, 4) is 5.75 Å². The van der Waals surface area contributed by atoms with Gasteiger partial charge in [-0.3, -0.25) is 9.78 Å². The first-order valence-electron chi connectivity index (χ1n) is 8.65. The van der Waals surface area contributed by atoms with Crippen LogP contribution in [-0.2, 0) is 14.4 Å². The molecule has 0 spiro atoms. The predicted octanol–water partition coefficient (Wildman–Crippen LogP) is 2.74. The summed E-state index contributed by atoms with van der Waals surface area (Å²) in [5, 5.41) is 4.27. The lowest BCUT2D eigenvalue weighted by Crippen LogP contribution is -2.40. The minimum Gasteiger partial charge on any atom is -0.490 e. The van der Waals surface area contributed by atoms with E-state index in [-0.39, 0.29) is 24.2 Å². The van der Waals surface area contributed by atoms with Gasteiger partial charge in [0.05, 0.1) is 22.3 Å². The SMILES string of the molecule is Cc1cc(N)c2c(OC3CCC(NC(=O)CBr)CC3)cccc2n1.O=C=O. The van der Waals surface area contributed by atoms with Gasteiger partial charge in [0.1, 0.15) is 5.75 Å². The number of nitrogens with one attached hydrogen (secondary N) is 1. The molecular weight excluding hydrogens is 414 g/mol. The first-order chi connectivity index (χ1) is 13.0. The lowest BCUT2D eigenvalue weighted by atomic mass is 9.93. The molecule has 0 atom stereocenters. The molecule has 8 heteroatoms. The van der Waals surface area contributed by atoms with E-state index in [1.54, 1.807) is 0 Å². The molecule has 1 aliphatic carbocycles. The topological polar surface area (TPSA) is 111 Å². The van der Waals surface area contributed by atoms with Gasteiger partial charge in [-0.05, 0) is 50.8 Å². The molecule has 0 unspecified atom stereocenters. The number of hydrogen-bond acceptors (Lipinski definition) is 6. The summed E-state index contributed by atoms with van der Waals surface area (Å²) in [7, 11) is 0. The number of ether oxygens (including phenoxy) is 1. The quantitative estimate of drug-likeness (QED) is 0.713. The van der Waals surface area contributed by atoms with E-state index in [4.69, 9.17) is 20.1 Å². The van der Waals surface area contributed by atoms with E-state index < -0.39 is 0 Å². The third kappa shape index (κ3) is 5.77. The Kier molecular flexibility index (Phi) is 7.76. The lowest BCUT2D eigenvalue weighted by molar-refractivity contribution is -0.191. The largest absolute Gasteiger partial charge is 0.490 e. The van der Waals surface area contributed by atoms with Gasteiger partial charge < -0.3 is 15.8 Å². The fourth-order valence-electron chi connectivity index (χ4n) is 3.29. The van der Waals surface area contributed by atoms with Gasteiger partial charge in [0.2, 0.25) is 5.91 Å². The Morgan fingerprint density at radius 1 is 1.33 bits per heavy atom. The molecule has 1 saturated carbocycles. The molecule has 1 fully saturated rings. The van der Waals surface area contributed by atoms with Crippen molar-refractivity contribution in [2.75, 3.05) is 11.1 Å². The van der Waals surface area contributed by atoms with Crippen molar-refractivity contribution in [1.82, 2.24) is 10.3 Å². The van der Waals surface area contributed by atoms with Gasteiger partial charge in [-0.25, -0.2) is 0 Å². The number of aryl methyl sites for hydroxylation is 1. The van der Waals surface area contributed by atoms with Crippen LogP contribution in [0.4, 0.5) is 5.69 Å². The van der Waals surface area contributed by atoms with Gasteiger partial charge in [0.25, 0.3) is 0 Å². The van der Waals surface area contributed by atoms with E-state index in [1.165, 1.54) is 0 Å². The molecule has 0 saturated heterocycles. The number of anilines is 1. The summed E-state index contributed by atoms with van der Waals surface area (Å²) in [5.74, 6) is 0.841. The number of nitrogens with two attached hydrogens (primary N) is 1. The normalized spacial score (nSPS) is 18.7. The molecule has 0 radical (unpaired) electrons. The first kappa shape index (κ1) is 20.9. The zero-order chi connectivity index (χ0) is 19.8. The summed E-state index contributed by atoms with van der Waals surface area (Å²) in [6.07, 6.45) is 4.10. The molecule has 1 aromatic carbocycles. The van der Waals surface area contributed by atoms with Crippen LogP contribution in [0.15, 0.2) is 24.3 Å². The number of fused-ring (bicyclic) bond motifs is 1. The van der Waals surface area contributed by atoms with Crippen LogP contribution in [0.5, 0.6) is 5.75 Å². The van der Waals surface area contributed by atoms with Gasteiger partial charge in [0, 0.05) is 17.4 Å². The van der Waals surface area contributed by atoms with Crippen LogP contribution in [-0.4, -0.2) is 34.5 Å². The summed E-state index contributed by atoms with van der Waals surface area (Å²) in [6.45, 7) is 1.94. The standard InChI is InChI=1S/C18H22BrN3O2.CO2/c1-11-9-14(20)18-15(21-11)3-2-4-16(18)24-13-7-5-12(6-8-13)22-17(23)10-19;2-1-3/h2-4,9,12-13H,5-8,10H2,1H3,(H2,20,21)(H,22,23);. The molecule has 1 aromatic heterocycles. The highest BCUT2D eigenvalue weighted by Crippen LogP contribution is 2.33. The van der Waals surface area contributed by atoms with Crippen LogP contribution in [0.2, 0.25) is 0 Å². The van der Waals surface area contributed by atoms with Crippen LogP contribution < -0.4 is 15.8 Å². The molecule has 1 heterocycles. The zero-order valence-electron chi connectivity index (χ0n) is 15.0. The number of amides is 1. The minimum absolute atomic E-state index is 0.0441. The second-order valence-electron chi connectivity index (χ2n) is 6.38. The van der Waals surface area contributed by atoms with E-state index in [9.17, 15) is 4.79 Å². The van der Waals surface area contributed by atoms with Gasteiger partial charge in [-0.2, -0.15) is 9.59 Å². The molecule has 27 heavy (non-hydrogen) atoms. The number of pyridine rings is 1. The summed E-state index contributed by atoms with van der Waals surface area (Å²) in [6, 6.07) is 7.98. The third-order valence-electron chi connectivity index (χ3n) is 4.41. The minimum atomic E-state index is 0.0441. The van der Waals surface area contributed by atoms with Gasteiger partial charge in [-0.15, -0.1) is 0 Å². The highest BCUT2D eigenvalue weighted by molar-refractivity contribution is 9.09. The van der Waals surface area contributed by atoms with E-state index in [2.05, 4.69) is 26.2 Å². The Balaban J connectivity index is 0.000000817. The van der Waals surface area contributed by atoms with Crippen LogP contribution >= 0.6 is 15.9 Å². The van der Waals surface area contributed by atoms with Crippen molar-refractivity contribution in [2.24, 2.45) is 0 Å². The number of aromatic nitrogens is 1. The molecule has 1 aliphatic rings. The van der Waals surface area contributed by atoms with Crippen LogP contribution in [0, 0.1) is 6.92 Å². The number of carbonyl (C=O) groups excluding carboxylic acids is 3. The fraction of sp³-hybridized carbons (Fsp3) is 0.421. The number of carbonyl (C=O) groups is 1. The van der Waals surface area contributed by atoms with Crippen LogP contribution in [0.1, 0.15) is 31.4 Å². The summed E-state index contributed by atoms with van der Waals surface area (Å²) < 4.78 is 6.23. The number of halogens is 1. The number of hydrogen-bond donors (Lipinski definition) is 2. The Bertz CT molecular complexity index is 829. The second kappa shape index (κ2) is 10.0. The maximum Gasteiger partial charge on any atom is 0.373 e. The molecule has 144 valence electrons. The smallest absolute Gasteiger partial charge is 0.373 e.